The molecule has 0 radical (unpaired) electrons. The molecule has 1 aliphatic rings. The van der Waals surface area contributed by atoms with Crippen molar-refractivity contribution in [1.29, 1.82) is 0 Å². The third-order valence-corrected chi connectivity index (χ3v) is 3.26. The Labute approximate surface area is 122 Å². The summed E-state index contributed by atoms with van der Waals surface area (Å²) >= 11 is 0. The molecule has 0 atom stereocenters. The highest BCUT2D eigenvalue weighted by molar-refractivity contribution is 5.92. The molecule has 5 nitrogen and oxygen atoms in total. The quantitative estimate of drug-likeness (QED) is 0.855. The average Bonchev–Trinajstić information content (AvgIpc) is 3.00. The minimum Gasteiger partial charge on any atom is -0.454 e. The van der Waals surface area contributed by atoms with Gasteiger partial charge in [0.25, 0.3) is 5.91 Å². The number of rotatable bonds is 5. The first kappa shape index (κ1) is 13.4. The van der Waals surface area contributed by atoms with Crippen LogP contribution in [0.2, 0.25) is 0 Å². The summed E-state index contributed by atoms with van der Waals surface area (Å²) in [5, 5.41) is 2.86. The SMILES string of the molecule is O=C(NCCCc1ccc2c(c1)OCO2)c1ccccn1. The first-order chi connectivity index (χ1) is 10.3. The smallest absolute Gasteiger partial charge is 0.269 e. The van der Waals surface area contributed by atoms with E-state index >= 15 is 0 Å². The fourth-order valence-electron chi connectivity index (χ4n) is 2.18. The van der Waals surface area contributed by atoms with Gasteiger partial charge in [0.2, 0.25) is 6.79 Å². The summed E-state index contributed by atoms with van der Waals surface area (Å²) in [5.41, 5.74) is 1.62. The summed E-state index contributed by atoms with van der Waals surface area (Å²) < 4.78 is 10.6. The molecule has 2 heterocycles. The molecule has 0 fully saturated rings. The summed E-state index contributed by atoms with van der Waals surface area (Å²) in [5.74, 6) is 1.45. The number of aromatic nitrogens is 1. The lowest BCUT2D eigenvalue weighted by Gasteiger charge is -2.05. The van der Waals surface area contributed by atoms with E-state index in [0.29, 0.717) is 19.0 Å². The van der Waals surface area contributed by atoms with Crippen LogP contribution in [0.3, 0.4) is 0 Å². The Morgan fingerprint density at radius 2 is 2.10 bits per heavy atom. The molecule has 0 unspecified atom stereocenters. The number of nitrogens with zero attached hydrogens (tertiary/aromatic N) is 1. The van der Waals surface area contributed by atoms with Crippen molar-refractivity contribution in [1.82, 2.24) is 10.3 Å². The van der Waals surface area contributed by atoms with Crippen LogP contribution in [-0.2, 0) is 6.42 Å². The van der Waals surface area contributed by atoms with E-state index in [1.807, 2.05) is 18.2 Å². The molecular weight excluding hydrogens is 268 g/mol. The van der Waals surface area contributed by atoms with Gasteiger partial charge in [-0.1, -0.05) is 12.1 Å². The number of benzene rings is 1. The highest BCUT2D eigenvalue weighted by Gasteiger charge is 2.13. The molecule has 0 saturated heterocycles. The number of amides is 1. The van der Waals surface area contributed by atoms with Crippen LogP contribution in [0.1, 0.15) is 22.5 Å². The second-order valence-corrected chi connectivity index (χ2v) is 4.76. The molecule has 108 valence electrons. The van der Waals surface area contributed by atoms with Crippen molar-refractivity contribution in [3.05, 3.63) is 53.9 Å². The van der Waals surface area contributed by atoms with E-state index in [0.717, 1.165) is 24.3 Å². The predicted octanol–water partition coefficient (Wildman–Crippen LogP) is 2.17. The molecular formula is C16H16N2O3. The van der Waals surface area contributed by atoms with E-state index in [1.165, 1.54) is 5.56 Å². The number of carbonyl (C=O) groups is 1. The number of carbonyl (C=O) groups excluding carboxylic acids is 1. The second kappa shape index (κ2) is 6.26. The first-order valence-electron chi connectivity index (χ1n) is 6.91. The minimum absolute atomic E-state index is 0.138. The third kappa shape index (κ3) is 3.31. The van der Waals surface area contributed by atoms with Gasteiger partial charge in [-0.3, -0.25) is 9.78 Å². The molecule has 0 saturated carbocycles. The number of fused-ring (bicyclic) bond motifs is 1. The standard InChI is InChI=1S/C16H16N2O3/c19-16(13-5-1-2-8-17-13)18-9-3-4-12-6-7-14-15(10-12)21-11-20-14/h1-2,5-8,10H,3-4,9,11H2,(H,18,19). The lowest BCUT2D eigenvalue weighted by atomic mass is 10.1. The van der Waals surface area contributed by atoms with E-state index in [1.54, 1.807) is 24.4 Å². The molecule has 2 aromatic rings. The van der Waals surface area contributed by atoms with Gasteiger partial charge in [-0.2, -0.15) is 0 Å². The van der Waals surface area contributed by atoms with Crippen molar-refractivity contribution >= 4 is 5.91 Å². The van der Waals surface area contributed by atoms with Gasteiger partial charge >= 0.3 is 0 Å². The zero-order chi connectivity index (χ0) is 14.5. The normalized spacial score (nSPS) is 12.2. The van der Waals surface area contributed by atoms with Gasteiger partial charge in [-0.25, -0.2) is 0 Å². The zero-order valence-electron chi connectivity index (χ0n) is 11.5. The lowest BCUT2D eigenvalue weighted by Crippen LogP contribution is -2.25. The number of aryl methyl sites for hydroxylation is 1. The molecule has 1 aromatic carbocycles. The van der Waals surface area contributed by atoms with Crippen LogP contribution < -0.4 is 14.8 Å². The summed E-state index contributed by atoms with van der Waals surface area (Å²) in [6, 6.07) is 11.2. The molecule has 1 aliphatic heterocycles. The average molecular weight is 284 g/mol. The summed E-state index contributed by atoms with van der Waals surface area (Å²) in [4.78, 5) is 15.8. The maximum Gasteiger partial charge on any atom is 0.269 e. The number of hydrogen-bond acceptors (Lipinski definition) is 4. The van der Waals surface area contributed by atoms with Gasteiger partial charge in [0.1, 0.15) is 5.69 Å². The first-order valence-corrected chi connectivity index (χ1v) is 6.91. The third-order valence-electron chi connectivity index (χ3n) is 3.26. The van der Waals surface area contributed by atoms with Crippen LogP contribution in [0.4, 0.5) is 0 Å². The number of nitrogens with one attached hydrogen (secondary N) is 1. The van der Waals surface area contributed by atoms with Crippen LogP contribution >= 0.6 is 0 Å². The largest absolute Gasteiger partial charge is 0.454 e. The van der Waals surface area contributed by atoms with Gasteiger partial charge in [0, 0.05) is 12.7 Å². The van der Waals surface area contributed by atoms with Crippen molar-refractivity contribution < 1.29 is 14.3 Å². The highest BCUT2D eigenvalue weighted by Crippen LogP contribution is 2.32. The molecule has 1 N–H and O–H groups in total. The fourth-order valence-corrected chi connectivity index (χ4v) is 2.18. The van der Waals surface area contributed by atoms with Crippen molar-refractivity contribution in [2.24, 2.45) is 0 Å². The van der Waals surface area contributed by atoms with Crippen LogP contribution in [0.25, 0.3) is 0 Å². The van der Waals surface area contributed by atoms with E-state index < -0.39 is 0 Å². The van der Waals surface area contributed by atoms with Crippen LogP contribution in [0, 0.1) is 0 Å². The van der Waals surface area contributed by atoms with E-state index in [-0.39, 0.29) is 5.91 Å². The Morgan fingerprint density at radius 3 is 2.95 bits per heavy atom. The second-order valence-electron chi connectivity index (χ2n) is 4.76. The molecule has 0 aliphatic carbocycles. The molecule has 0 spiro atoms. The van der Waals surface area contributed by atoms with Crippen LogP contribution in [0.5, 0.6) is 11.5 Å². The number of ether oxygens (including phenoxy) is 2. The lowest BCUT2D eigenvalue weighted by molar-refractivity contribution is 0.0948. The van der Waals surface area contributed by atoms with Crippen molar-refractivity contribution in [2.45, 2.75) is 12.8 Å². The fraction of sp³-hybridized carbons (Fsp3) is 0.250. The molecule has 1 amide bonds. The van der Waals surface area contributed by atoms with Crippen LogP contribution in [0.15, 0.2) is 42.6 Å². The van der Waals surface area contributed by atoms with Gasteiger partial charge in [-0.15, -0.1) is 0 Å². The van der Waals surface area contributed by atoms with E-state index in [4.69, 9.17) is 9.47 Å². The van der Waals surface area contributed by atoms with Gasteiger partial charge in [0.05, 0.1) is 0 Å². The highest BCUT2D eigenvalue weighted by atomic mass is 16.7. The van der Waals surface area contributed by atoms with Crippen molar-refractivity contribution in [3.63, 3.8) is 0 Å². The summed E-state index contributed by atoms with van der Waals surface area (Å²) in [7, 11) is 0. The van der Waals surface area contributed by atoms with Crippen LogP contribution in [-0.4, -0.2) is 24.2 Å². The minimum atomic E-state index is -0.138. The monoisotopic (exact) mass is 284 g/mol. The van der Waals surface area contributed by atoms with E-state index in [2.05, 4.69) is 10.3 Å². The van der Waals surface area contributed by atoms with Crippen molar-refractivity contribution in [3.8, 4) is 11.5 Å². The maximum absolute atomic E-state index is 11.8. The Morgan fingerprint density at radius 1 is 1.19 bits per heavy atom. The van der Waals surface area contributed by atoms with Crippen molar-refractivity contribution in [2.75, 3.05) is 13.3 Å². The maximum atomic E-state index is 11.8. The van der Waals surface area contributed by atoms with Gasteiger partial charge in [0.15, 0.2) is 11.5 Å². The number of pyridine rings is 1. The Balaban J connectivity index is 1.45. The van der Waals surface area contributed by atoms with E-state index in [9.17, 15) is 4.79 Å². The molecule has 1 aromatic heterocycles. The molecule has 0 bridgehead atoms. The Hall–Kier alpha value is -2.56. The zero-order valence-corrected chi connectivity index (χ0v) is 11.5. The topological polar surface area (TPSA) is 60.5 Å². The predicted molar refractivity (Wildman–Crippen MR) is 77.5 cm³/mol. The molecule has 21 heavy (non-hydrogen) atoms. The Kier molecular flexibility index (Phi) is 4.00. The summed E-state index contributed by atoms with van der Waals surface area (Å²) in [6.45, 7) is 0.906. The van der Waals surface area contributed by atoms with Gasteiger partial charge in [-0.05, 0) is 42.7 Å². The summed E-state index contributed by atoms with van der Waals surface area (Å²) in [6.07, 6.45) is 3.35. The van der Waals surface area contributed by atoms with Gasteiger partial charge < -0.3 is 14.8 Å². The molecule has 3 rings (SSSR count). The molecule has 5 heteroatoms. The Bertz CT molecular complexity index is 629. The number of hydrogen-bond donors (Lipinski definition) is 1.